The van der Waals surface area contributed by atoms with Gasteiger partial charge in [-0.2, -0.15) is 0 Å². The predicted octanol–water partition coefficient (Wildman–Crippen LogP) is 3.79. The first-order chi connectivity index (χ1) is 16.1. The maximum atomic E-state index is 12.8. The summed E-state index contributed by atoms with van der Waals surface area (Å²) in [6.07, 6.45) is 6.57. The molecule has 0 radical (unpaired) electrons. The van der Waals surface area contributed by atoms with E-state index in [4.69, 9.17) is 0 Å². The molecule has 176 valence electrons. The number of amides is 1. The van der Waals surface area contributed by atoms with Gasteiger partial charge in [-0.25, -0.2) is 15.0 Å². The van der Waals surface area contributed by atoms with Gasteiger partial charge in [-0.05, 0) is 30.9 Å². The molecule has 4 heterocycles. The van der Waals surface area contributed by atoms with Crippen LogP contribution in [0.4, 0.5) is 11.1 Å². The maximum Gasteiger partial charge on any atom is 0.253 e. The average Bonchev–Trinajstić information content (AvgIpc) is 3.20. The van der Waals surface area contributed by atoms with Crippen LogP contribution in [0.5, 0.6) is 0 Å². The molecule has 0 aliphatic carbocycles. The zero-order valence-electron chi connectivity index (χ0n) is 19.4. The minimum atomic E-state index is 0.126. The van der Waals surface area contributed by atoms with Crippen molar-refractivity contribution in [3.05, 3.63) is 36.2 Å². The second kappa shape index (κ2) is 10.7. The number of rotatable bonds is 8. The number of likely N-dealkylation sites (tertiary alicyclic amines) is 1. The predicted molar refractivity (Wildman–Crippen MR) is 138 cm³/mol. The molecular formula is C23H31N7OS2. The molecule has 2 saturated heterocycles. The summed E-state index contributed by atoms with van der Waals surface area (Å²) in [6.45, 7) is 9.38. The number of carbonyl (C=O) groups excluding carboxylic acids is 1. The minimum absolute atomic E-state index is 0.126. The van der Waals surface area contributed by atoms with Crippen LogP contribution in [0.15, 0.2) is 35.5 Å². The molecule has 2 aliphatic heterocycles. The Kier molecular flexibility index (Phi) is 7.67. The Hall–Kier alpha value is -2.43. The van der Waals surface area contributed by atoms with Gasteiger partial charge in [0.25, 0.3) is 5.91 Å². The van der Waals surface area contributed by atoms with Crippen molar-refractivity contribution in [2.45, 2.75) is 25.2 Å². The smallest absolute Gasteiger partial charge is 0.253 e. The van der Waals surface area contributed by atoms with E-state index in [2.05, 4.69) is 30.9 Å². The lowest BCUT2D eigenvalue weighted by atomic mass is 9.74. The molecule has 3 N–H and O–H groups in total. The zero-order valence-corrected chi connectivity index (χ0v) is 21.0. The van der Waals surface area contributed by atoms with Gasteiger partial charge in [0, 0.05) is 67.5 Å². The summed E-state index contributed by atoms with van der Waals surface area (Å²) in [4.78, 5) is 29.0. The fourth-order valence-corrected chi connectivity index (χ4v) is 5.17. The van der Waals surface area contributed by atoms with Crippen molar-refractivity contribution >= 4 is 50.3 Å². The van der Waals surface area contributed by atoms with Crippen LogP contribution in [0.1, 0.15) is 30.6 Å². The van der Waals surface area contributed by atoms with E-state index in [9.17, 15) is 4.79 Å². The number of carbonyl (C=O) groups is 1. The van der Waals surface area contributed by atoms with E-state index in [-0.39, 0.29) is 5.91 Å². The van der Waals surface area contributed by atoms with Gasteiger partial charge in [-0.15, -0.1) is 11.8 Å². The van der Waals surface area contributed by atoms with E-state index in [1.165, 1.54) is 0 Å². The monoisotopic (exact) mass is 485 g/mol. The fraction of sp³-hybridized carbons (Fsp3) is 0.478. The van der Waals surface area contributed by atoms with Crippen LogP contribution >= 0.6 is 23.1 Å². The van der Waals surface area contributed by atoms with Crippen LogP contribution in [-0.4, -0.2) is 71.3 Å². The van der Waals surface area contributed by atoms with Crippen molar-refractivity contribution < 1.29 is 4.79 Å². The van der Waals surface area contributed by atoms with Crippen molar-refractivity contribution in [1.29, 1.82) is 0 Å². The van der Waals surface area contributed by atoms with Crippen molar-refractivity contribution in [1.82, 2.24) is 25.2 Å². The Morgan fingerprint density at radius 3 is 2.58 bits per heavy atom. The van der Waals surface area contributed by atoms with Crippen molar-refractivity contribution in [2.24, 2.45) is 5.41 Å². The Bertz CT molecular complexity index is 1070. The van der Waals surface area contributed by atoms with Gasteiger partial charge in [0.1, 0.15) is 0 Å². The number of benzene rings is 1. The molecule has 1 amide bonds. The second-order valence-electron chi connectivity index (χ2n) is 8.12. The van der Waals surface area contributed by atoms with Gasteiger partial charge < -0.3 is 20.9 Å². The Morgan fingerprint density at radius 2 is 1.91 bits per heavy atom. The molecule has 1 aromatic carbocycles. The van der Waals surface area contributed by atoms with Gasteiger partial charge in [0.05, 0.1) is 10.2 Å². The van der Waals surface area contributed by atoms with Crippen LogP contribution in [0.2, 0.25) is 0 Å². The summed E-state index contributed by atoms with van der Waals surface area (Å²) in [5, 5.41) is 10.8. The SMILES string of the molecule is CC.CSc1cnc(NCCCNc2nc3ccc(C(=O)N4CC5(CNC5)C4)cc3s2)nc1. The molecule has 0 bridgehead atoms. The van der Waals surface area contributed by atoms with Crippen LogP contribution < -0.4 is 16.0 Å². The maximum absolute atomic E-state index is 12.8. The van der Waals surface area contributed by atoms with Crippen LogP contribution in [0.25, 0.3) is 10.2 Å². The highest BCUT2D eigenvalue weighted by Crippen LogP contribution is 2.35. The number of nitrogens with zero attached hydrogens (tertiary/aromatic N) is 4. The lowest BCUT2D eigenvalue weighted by Gasteiger charge is -2.56. The summed E-state index contributed by atoms with van der Waals surface area (Å²) < 4.78 is 1.04. The summed E-state index contributed by atoms with van der Waals surface area (Å²) in [7, 11) is 0. The van der Waals surface area contributed by atoms with Gasteiger partial charge >= 0.3 is 0 Å². The summed E-state index contributed by atoms with van der Waals surface area (Å²) in [5.74, 6) is 0.776. The number of nitrogens with one attached hydrogen (secondary N) is 3. The highest BCUT2D eigenvalue weighted by molar-refractivity contribution is 7.98. The lowest BCUT2D eigenvalue weighted by molar-refractivity contribution is -0.0248. The molecule has 2 aromatic heterocycles. The first kappa shape index (κ1) is 23.7. The van der Waals surface area contributed by atoms with E-state index in [1.54, 1.807) is 23.1 Å². The van der Waals surface area contributed by atoms with Gasteiger partial charge in [0.15, 0.2) is 5.13 Å². The zero-order chi connectivity index (χ0) is 23.3. The molecule has 0 atom stereocenters. The molecule has 2 aliphatic rings. The molecule has 0 unspecified atom stereocenters. The van der Waals surface area contributed by atoms with Gasteiger partial charge in [-0.3, -0.25) is 4.79 Å². The number of thiazole rings is 1. The summed E-state index contributed by atoms with van der Waals surface area (Å²) >= 11 is 3.22. The number of fused-ring (bicyclic) bond motifs is 1. The normalized spacial score (nSPS) is 15.9. The van der Waals surface area contributed by atoms with E-state index in [1.807, 2.05) is 55.6 Å². The largest absolute Gasteiger partial charge is 0.361 e. The van der Waals surface area contributed by atoms with Crippen molar-refractivity contribution in [3.63, 3.8) is 0 Å². The Morgan fingerprint density at radius 1 is 1.18 bits per heavy atom. The minimum Gasteiger partial charge on any atom is -0.361 e. The molecule has 1 spiro atoms. The lowest BCUT2D eigenvalue weighted by Crippen LogP contribution is -2.71. The summed E-state index contributed by atoms with van der Waals surface area (Å²) in [5.41, 5.74) is 2.02. The number of thioether (sulfide) groups is 1. The third kappa shape index (κ3) is 5.39. The fourth-order valence-electron chi connectivity index (χ4n) is 3.92. The highest BCUT2D eigenvalue weighted by Gasteiger charge is 2.49. The van der Waals surface area contributed by atoms with Crippen molar-refractivity contribution in [3.8, 4) is 0 Å². The highest BCUT2D eigenvalue weighted by atomic mass is 32.2. The number of hydrogen-bond acceptors (Lipinski definition) is 9. The topological polar surface area (TPSA) is 95.1 Å². The van der Waals surface area contributed by atoms with Gasteiger partial charge in [0.2, 0.25) is 5.95 Å². The third-order valence-electron chi connectivity index (χ3n) is 5.75. The molecule has 2 fully saturated rings. The Balaban J connectivity index is 0.00000126. The molecular weight excluding hydrogens is 454 g/mol. The second-order valence-corrected chi connectivity index (χ2v) is 10.0. The van der Waals surface area contributed by atoms with E-state index >= 15 is 0 Å². The van der Waals surface area contributed by atoms with Crippen molar-refractivity contribution in [2.75, 3.05) is 56.2 Å². The molecule has 0 saturated carbocycles. The molecule has 10 heteroatoms. The molecule has 33 heavy (non-hydrogen) atoms. The summed E-state index contributed by atoms with van der Waals surface area (Å²) in [6, 6.07) is 5.81. The molecule has 5 rings (SSSR count). The van der Waals surface area contributed by atoms with E-state index in [0.717, 1.165) is 71.5 Å². The Labute approximate surface area is 203 Å². The number of anilines is 2. The number of hydrogen-bond donors (Lipinski definition) is 3. The van der Waals surface area contributed by atoms with Crippen LogP contribution in [0, 0.1) is 5.41 Å². The average molecular weight is 486 g/mol. The molecule has 8 nitrogen and oxygen atoms in total. The van der Waals surface area contributed by atoms with Crippen LogP contribution in [-0.2, 0) is 0 Å². The first-order valence-electron chi connectivity index (χ1n) is 11.4. The number of aromatic nitrogens is 3. The van der Waals surface area contributed by atoms with Gasteiger partial charge in [-0.1, -0.05) is 25.2 Å². The van der Waals surface area contributed by atoms with E-state index < -0.39 is 0 Å². The van der Waals surface area contributed by atoms with E-state index in [0.29, 0.717) is 11.4 Å². The van der Waals surface area contributed by atoms with Crippen LogP contribution in [0.3, 0.4) is 0 Å². The molecule has 3 aromatic rings. The third-order valence-corrected chi connectivity index (χ3v) is 7.41. The standard InChI is InChI=1S/C21H25N7OS2.C2H6/c1-30-15-8-25-19(26-9-15)23-5-2-6-24-20-27-16-4-3-14(7-17(16)31-20)18(29)28-12-21(13-28)10-22-11-21;1-2/h3-4,7-9,22H,2,5-6,10-13H2,1H3,(H,24,27)(H,23,25,26);1-2H3. The quantitative estimate of drug-likeness (QED) is 0.328. The first-order valence-corrected chi connectivity index (χ1v) is 13.4.